The third-order valence-electron chi connectivity index (χ3n) is 4.06. The van der Waals surface area contributed by atoms with Crippen molar-refractivity contribution in [1.82, 2.24) is 9.97 Å². The summed E-state index contributed by atoms with van der Waals surface area (Å²) < 4.78 is 5.02. The largest absolute Gasteiger partial charge is 0.462 e. The molecule has 0 amide bonds. The van der Waals surface area contributed by atoms with Crippen molar-refractivity contribution in [3.63, 3.8) is 0 Å². The van der Waals surface area contributed by atoms with E-state index in [0.29, 0.717) is 24.2 Å². The fourth-order valence-corrected chi connectivity index (χ4v) is 2.91. The number of piperidine rings is 1. The van der Waals surface area contributed by atoms with Crippen LogP contribution in [0.25, 0.3) is 0 Å². The van der Waals surface area contributed by atoms with Crippen LogP contribution in [0.3, 0.4) is 0 Å². The number of aromatic nitrogens is 2. The predicted molar refractivity (Wildman–Crippen MR) is 93.3 cm³/mol. The highest BCUT2D eigenvalue weighted by molar-refractivity contribution is 5.89. The lowest BCUT2D eigenvalue weighted by Gasteiger charge is -2.34. The van der Waals surface area contributed by atoms with Gasteiger partial charge in [0, 0.05) is 37.2 Å². The first-order valence-corrected chi connectivity index (χ1v) is 8.32. The Balaban J connectivity index is 1.63. The molecule has 0 spiro atoms. The van der Waals surface area contributed by atoms with Crippen molar-refractivity contribution in [3.05, 3.63) is 48.3 Å². The number of anilines is 2. The van der Waals surface area contributed by atoms with Crippen LogP contribution in [-0.2, 0) is 4.74 Å². The molecule has 24 heavy (non-hydrogen) atoms. The second-order valence-electron chi connectivity index (χ2n) is 5.77. The topological polar surface area (TPSA) is 67.3 Å². The Bertz CT molecular complexity index is 660. The molecule has 1 fully saturated rings. The molecular formula is C18H22N4O2. The van der Waals surface area contributed by atoms with Gasteiger partial charge in [-0.25, -0.2) is 14.8 Å². The van der Waals surface area contributed by atoms with Crippen molar-refractivity contribution in [2.45, 2.75) is 25.8 Å². The molecular weight excluding hydrogens is 304 g/mol. The van der Waals surface area contributed by atoms with E-state index < -0.39 is 0 Å². The van der Waals surface area contributed by atoms with Gasteiger partial charge in [0.2, 0.25) is 5.95 Å². The highest BCUT2D eigenvalue weighted by atomic mass is 16.5. The van der Waals surface area contributed by atoms with Crippen LogP contribution in [-0.4, -0.2) is 41.7 Å². The zero-order chi connectivity index (χ0) is 16.8. The number of ether oxygens (including phenoxy) is 1. The Labute approximate surface area is 141 Å². The minimum atomic E-state index is -0.275. The van der Waals surface area contributed by atoms with E-state index >= 15 is 0 Å². The number of rotatable bonds is 5. The number of carbonyl (C=O) groups is 1. The van der Waals surface area contributed by atoms with Gasteiger partial charge in [-0.1, -0.05) is 0 Å². The molecule has 0 bridgehead atoms. The molecule has 1 aliphatic rings. The maximum absolute atomic E-state index is 11.7. The SMILES string of the molecule is CCOC(=O)c1ccc(N2CCCC(Nc3ncccn3)C2)cc1. The number of carbonyl (C=O) groups excluding carboxylic acids is 1. The van der Waals surface area contributed by atoms with Crippen LogP contribution in [0, 0.1) is 0 Å². The predicted octanol–water partition coefficient (Wildman–Crippen LogP) is 2.73. The van der Waals surface area contributed by atoms with Crippen molar-refractivity contribution in [2.75, 3.05) is 29.9 Å². The van der Waals surface area contributed by atoms with Gasteiger partial charge in [0.1, 0.15) is 0 Å². The second kappa shape index (κ2) is 7.77. The van der Waals surface area contributed by atoms with Gasteiger partial charge in [0.25, 0.3) is 0 Å². The van der Waals surface area contributed by atoms with Crippen LogP contribution in [0.2, 0.25) is 0 Å². The van der Waals surface area contributed by atoms with E-state index in [9.17, 15) is 4.79 Å². The van der Waals surface area contributed by atoms with E-state index in [1.165, 1.54) is 0 Å². The van der Waals surface area contributed by atoms with Crippen molar-refractivity contribution >= 4 is 17.6 Å². The lowest BCUT2D eigenvalue weighted by molar-refractivity contribution is 0.0526. The average Bonchev–Trinajstić information content (AvgIpc) is 2.63. The van der Waals surface area contributed by atoms with Crippen LogP contribution in [0.15, 0.2) is 42.7 Å². The number of hydrogen-bond acceptors (Lipinski definition) is 6. The lowest BCUT2D eigenvalue weighted by Crippen LogP contribution is -2.42. The number of hydrogen-bond donors (Lipinski definition) is 1. The quantitative estimate of drug-likeness (QED) is 0.852. The summed E-state index contributed by atoms with van der Waals surface area (Å²) in [5, 5.41) is 3.39. The average molecular weight is 326 g/mol. The van der Waals surface area contributed by atoms with E-state index in [1.54, 1.807) is 12.4 Å². The zero-order valence-corrected chi connectivity index (χ0v) is 13.8. The highest BCUT2D eigenvalue weighted by Crippen LogP contribution is 2.22. The number of nitrogens with one attached hydrogen (secondary N) is 1. The number of esters is 1. The Kier molecular flexibility index (Phi) is 5.25. The summed E-state index contributed by atoms with van der Waals surface area (Å²) in [6.07, 6.45) is 5.67. The maximum atomic E-state index is 11.7. The summed E-state index contributed by atoms with van der Waals surface area (Å²) >= 11 is 0. The zero-order valence-electron chi connectivity index (χ0n) is 13.8. The Morgan fingerprint density at radius 3 is 2.75 bits per heavy atom. The Morgan fingerprint density at radius 2 is 2.04 bits per heavy atom. The molecule has 6 nitrogen and oxygen atoms in total. The van der Waals surface area contributed by atoms with Crippen LogP contribution in [0.4, 0.5) is 11.6 Å². The van der Waals surface area contributed by atoms with Gasteiger partial charge in [-0.2, -0.15) is 0 Å². The molecule has 3 rings (SSSR count). The van der Waals surface area contributed by atoms with Gasteiger partial charge < -0.3 is 15.0 Å². The van der Waals surface area contributed by atoms with Crippen molar-refractivity contribution in [1.29, 1.82) is 0 Å². The Hall–Kier alpha value is -2.63. The minimum Gasteiger partial charge on any atom is -0.462 e. The monoisotopic (exact) mass is 326 g/mol. The number of benzene rings is 1. The normalized spacial score (nSPS) is 17.4. The second-order valence-corrected chi connectivity index (χ2v) is 5.77. The van der Waals surface area contributed by atoms with Crippen molar-refractivity contribution in [2.24, 2.45) is 0 Å². The first-order chi connectivity index (χ1) is 11.8. The standard InChI is InChI=1S/C18H22N4O2/c1-2-24-17(23)14-6-8-16(9-7-14)22-12-3-5-15(13-22)21-18-19-10-4-11-20-18/h4,6-11,15H,2-3,5,12-13H2,1H3,(H,19,20,21). The Morgan fingerprint density at radius 1 is 1.29 bits per heavy atom. The smallest absolute Gasteiger partial charge is 0.338 e. The summed E-state index contributed by atoms with van der Waals surface area (Å²) in [6.45, 7) is 4.09. The fraction of sp³-hybridized carbons (Fsp3) is 0.389. The van der Waals surface area contributed by atoms with E-state index in [0.717, 1.165) is 31.6 Å². The molecule has 1 aromatic heterocycles. The lowest BCUT2D eigenvalue weighted by atomic mass is 10.0. The summed E-state index contributed by atoms with van der Waals surface area (Å²) in [7, 11) is 0. The third-order valence-corrected chi connectivity index (χ3v) is 4.06. The van der Waals surface area contributed by atoms with Crippen molar-refractivity contribution in [3.8, 4) is 0 Å². The first-order valence-electron chi connectivity index (χ1n) is 8.32. The van der Waals surface area contributed by atoms with Gasteiger partial charge in [0.05, 0.1) is 12.2 Å². The third kappa shape index (κ3) is 4.01. The van der Waals surface area contributed by atoms with Gasteiger partial charge in [0.15, 0.2) is 0 Å². The molecule has 6 heteroatoms. The van der Waals surface area contributed by atoms with Crippen LogP contribution in [0.5, 0.6) is 0 Å². The number of nitrogens with zero attached hydrogens (tertiary/aromatic N) is 3. The minimum absolute atomic E-state index is 0.275. The molecule has 1 atom stereocenters. The molecule has 2 aromatic rings. The summed E-state index contributed by atoms with van der Waals surface area (Å²) in [5.41, 5.74) is 1.70. The summed E-state index contributed by atoms with van der Waals surface area (Å²) in [6, 6.07) is 9.73. The first kappa shape index (κ1) is 16.2. The molecule has 0 aliphatic carbocycles. The van der Waals surface area contributed by atoms with Crippen LogP contribution < -0.4 is 10.2 Å². The summed E-state index contributed by atoms with van der Waals surface area (Å²) in [4.78, 5) is 22.5. The molecule has 1 aliphatic heterocycles. The molecule has 0 radical (unpaired) electrons. The van der Waals surface area contributed by atoms with Crippen molar-refractivity contribution < 1.29 is 9.53 Å². The van der Waals surface area contributed by atoms with Crippen LogP contribution in [0.1, 0.15) is 30.1 Å². The molecule has 1 N–H and O–H groups in total. The fourth-order valence-electron chi connectivity index (χ4n) is 2.91. The highest BCUT2D eigenvalue weighted by Gasteiger charge is 2.21. The maximum Gasteiger partial charge on any atom is 0.338 e. The molecule has 126 valence electrons. The van der Waals surface area contributed by atoms with E-state index in [1.807, 2.05) is 37.3 Å². The van der Waals surface area contributed by atoms with E-state index in [2.05, 4.69) is 20.2 Å². The van der Waals surface area contributed by atoms with E-state index in [4.69, 9.17) is 4.74 Å². The molecule has 0 saturated carbocycles. The summed E-state index contributed by atoms with van der Waals surface area (Å²) in [5.74, 6) is 0.394. The van der Waals surface area contributed by atoms with E-state index in [-0.39, 0.29) is 5.97 Å². The molecule has 2 heterocycles. The van der Waals surface area contributed by atoms with Gasteiger partial charge in [-0.3, -0.25) is 0 Å². The molecule has 1 aromatic carbocycles. The molecule has 1 unspecified atom stereocenters. The van der Waals surface area contributed by atoms with Gasteiger partial charge >= 0.3 is 5.97 Å². The van der Waals surface area contributed by atoms with Crippen LogP contribution >= 0.6 is 0 Å². The van der Waals surface area contributed by atoms with Gasteiger partial charge in [-0.15, -0.1) is 0 Å². The molecule has 1 saturated heterocycles. The van der Waals surface area contributed by atoms with Gasteiger partial charge in [-0.05, 0) is 50.1 Å².